The van der Waals surface area contributed by atoms with E-state index in [1.165, 1.54) is 6.07 Å². The van der Waals surface area contributed by atoms with E-state index in [4.69, 9.17) is 5.73 Å². The molecular formula is C11H13FN2O2. The molecule has 0 heterocycles. The first-order valence-electron chi connectivity index (χ1n) is 4.87. The number of hydrogen-bond acceptors (Lipinski definition) is 3. The van der Waals surface area contributed by atoms with Crippen LogP contribution in [-0.2, 0) is 0 Å². The zero-order valence-electron chi connectivity index (χ0n) is 8.94. The van der Waals surface area contributed by atoms with E-state index in [0.29, 0.717) is 24.1 Å². The number of nitro groups is 1. The van der Waals surface area contributed by atoms with Gasteiger partial charge in [-0.05, 0) is 31.5 Å². The molecule has 0 saturated heterocycles. The first-order chi connectivity index (χ1) is 7.56. The van der Waals surface area contributed by atoms with Gasteiger partial charge in [-0.15, -0.1) is 0 Å². The predicted octanol–water partition coefficient (Wildman–Crippen LogP) is 2.40. The molecule has 4 nitrogen and oxygen atoms in total. The second-order valence-electron chi connectivity index (χ2n) is 3.38. The molecule has 5 heteroatoms. The highest BCUT2D eigenvalue weighted by molar-refractivity contribution is 5.59. The van der Waals surface area contributed by atoms with Crippen LogP contribution in [0.4, 0.5) is 10.1 Å². The Morgan fingerprint density at radius 1 is 1.56 bits per heavy atom. The average molecular weight is 224 g/mol. The van der Waals surface area contributed by atoms with Crippen LogP contribution in [0.15, 0.2) is 18.2 Å². The lowest BCUT2D eigenvalue weighted by molar-refractivity contribution is -0.385. The fourth-order valence-corrected chi connectivity index (χ4v) is 1.35. The number of nitrogens with zero attached hydrogens (tertiary/aromatic N) is 1. The van der Waals surface area contributed by atoms with Crippen LogP contribution in [0.1, 0.15) is 17.5 Å². The quantitative estimate of drug-likeness (QED) is 0.630. The van der Waals surface area contributed by atoms with Crippen molar-refractivity contribution in [1.29, 1.82) is 0 Å². The molecule has 16 heavy (non-hydrogen) atoms. The lowest BCUT2D eigenvalue weighted by Crippen LogP contribution is -1.96. The van der Waals surface area contributed by atoms with Gasteiger partial charge in [-0.1, -0.05) is 12.2 Å². The third-order valence-electron chi connectivity index (χ3n) is 2.21. The van der Waals surface area contributed by atoms with Crippen molar-refractivity contribution in [2.45, 2.75) is 13.3 Å². The van der Waals surface area contributed by atoms with Gasteiger partial charge in [0.05, 0.1) is 11.0 Å². The minimum absolute atomic E-state index is 0.201. The molecule has 1 rings (SSSR count). The molecule has 86 valence electrons. The molecule has 1 aromatic rings. The zero-order valence-corrected chi connectivity index (χ0v) is 8.94. The lowest BCUT2D eigenvalue weighted by atomic mass is 10.1. The van der Waals surface area contributed by atoms with E-state index in [0.717, 1.165) is 6.07 Å². The maximum atomic E-state index is 13.1. The number of nitrogens with two attached hydrogens (primary N) is 1. The van der Waals surface area contributed by atoms with Gasteiger partial charge in [0.1, 0.15) is 5.82 Å². The van der Waals surface area contributed by atoms with Crippen molar-refractivity contribution in [1.82, 2.24) is 0 Å². The Morgan fingerprint density at radius 2 is 2.25 bits per heavy atom. The predicted molar refractivity (Wildman–Crippen MR) is 60.5 cm³/mol. The van der Waals surface area contributed by atoms with E-state index in [9.17, 15) is 14.5 Å². The maximum Gasteiger partial charge on any atom is 0.275 e. The smallest absolute Gasteiger partial charge is 0.275 e. The molecule has 0 radical (unpaired) electrons. The average Bonchev–Trinajstić information content (AvgIpc) is 2.22. The fraction of sp³-hybridized carbons (Fsp3) is 0.273. The summed E-state index contributed by atoms with van der Waals surface area (Å²) in [5, 5.41) is 10.7. The normalized spacial score (nSPS) is 10.9. The molecule has 0 aliphatic carbocycles. The highest BCUT2D eigenvalue weighted by Gasteiger charge is 2.14. The largest absolute Gasteiger partial charge is 0.330 e. The van der Waals surface area contributed by atoms with Crippen molar-refractivity contribution in [3.8, 4) is 0 Å². The number of halogens is 1. The van der Waals surface area contributed by atoms with E-state index in [1.807, 2.05) is 0 Å². The summed E-state index contributed by atoms with van der Waals surface area (Å²) < 4.78 is 13.1. The van der Waals surface area contributed by atoms with Crippen molar-refractivity contribution in [3.63, 3.8) is 0 Å². The van der Waals surface area contributed by atoms with Crippen LogP contribution in [-0.4, -0.2) is 11.5 Å². The molecule has 0 bridgehead atoms. The highest BCUT2D eigenvalue weighted by Crippen LogP contribution is 2.24. The van der Waals surface area contributed by atoms with E-state index >= 15 is 0 Å². The monoisotopic (exact) mass is 224 g/mol. The fourth-order valence-electron chi connectivity index (χ4n) is 1.35. The van der Waals surface area contributed by atoms with Gasteiger partial charge >= 0.3 is 0 Å². The Morgan fingerprint density at radius 3 is 2.81 bits per heavy atom. The van der Waals surface area contributed by atoms with Gasteiger partial charge in [0.2, 0.25) is 0 Å². The lowest BCUT2D eigenvalue weighted by Gasteiger charge is -2.02. The molecule has 1 aromatic carbocycles. The van der Waals surface area contributed by atoms with Crippen molar-refractivity contribution in [2.75, 3.05) is 6.54 Å². The van der Waals surface area contributed by atoms with E-state index in [1.54, 1.807) is 19.1 Å². The summed E-state index contributed by atoms with van der Waals surface area (Å²) in [7, 11) is 0. The van der Waals surface area contributed by atoms with Gasteiger partial charge in [0.25, 0.3) is 5.69 Å². The minimum atomic E-state index is -0.607. The van der Waals surface area contributed by atoms with Crippen molar-refractivity contribution in [3.05, 3.63) is 45.3 Å². The summed E-state index contributed by atoms with van der Waals surface area (Å²) in [6, 6.07) is 2.20. The van der Waals surface area contributed by atoms with Gasteiger partial charge in [0, 0.05) is 5.56 Å². The van der Waals surface area contributed by atoms with Gasteiger partial charge < -0.3 is 5.73 Å². The van der Waals surface area contributed by atoms with Crippen LogP contribution in [0.3, 0.4) is 0 Å². The Labute approximate surface area is 92.7 Å². The molecule has 0 atom stereocenters. The molecule has 0 fully saturated rings. The molecular weight excluding hydrogens is 211 g/mol. The minimum Gasteiger partial charge on any atom is -0.330 e. The topological polar surface area (TPSA) is 69.2 Å². The maximum absolute atomic E-state index is 13.1. The molecule has 0 spiro atoms. The van der Waals surface area contributed by atoms with Gasteiger partial charge in [-0.25, -0.2) is 4.39 Å². The summed E-state index contributed by atoms with van der Waals surface area (Å²) in [6.45, 7) is 2.09. The molecule has 0 aromatic heterocycles. The third kappa shape index (κ3) is 2.87. The first kappa shape index (κ1) is 12.3. The standard InChI is InChI=1S/C11H13FN2O2/c1-8-9(4-2-3-5-13)6-10(12)7-11(8)14(15)16/h2,4,6-7H,3,5,13H2,1H3. The van der Waals surface area contributed by atoms with E-state index in [-0.39, 0.29) is 5.69 Å². The van der Waals surface area contributed by atoms with Crippen LogP contribution in [0.2, 0.25) is 0 Å². The van der Waals surface area contributed by atoms with Crippen LogP contribution in [0.25, 0.3) is 6.08 Å². The summed E-state index contributed by atoms with van der Waals surface area (Å²) >= 11 is 0. The van der Waals surface area contributed by atoms with E-state index in [2.05, 4.69) is 0 Å². The summed E-state index contributed by atoms with van der Waals surface area (Å²) in [6.07, 6.45) is 4.08. The van der Waals surface area contributed by atoms with Crippen LogP contribution in [0, 0.1) is 22.9 Å². The highest BCUT2D eigenvalue weighted by atomic mass is 19.1. The van der Waals surface area contributed by atoms with E-state index < -0.39 is 10.7 Å². The van der Waals surface area contributed by atoms with Crippen LogP contribution < -0.4 is 5.73 Å². The molecule has 0 saturated carbocycles. The van der Waals surface area contributed by atoms with Gasteiger partial charge in [0.15, 0.2) is 0 Å². The summed E-state index contributed by atoms with van der Waals surface area (Å²) in [5.41, 5.74) is 6.08. The number of rotatable bonds is 4. The Hall–Kier alpha value is -1.75. The third-order valence-corrected chi connectivity index (χ3v) is 2.21. The van der Waals surface area contributed by atoms with Crippen molar-refractivity contribution < 1.29 is 9.31 Å². The number of hydrogen-bond donors (Lipinski definition) is 1. The zero-order chi connectivity index (χ0) is 12.1. The van der Waals surface area contributed by atoms with Gasteiger partial charge in [-0.3, -0.25) is 10.1 Å². The Kier molecular flexibility index (Phi) is 4.13. The molecule has 0 aliphatic rings. The van der Waals surface area contributed by atoms with Crippen LogP contribution in [0.5, 0.6) is 0 Å². The Bertz CT molecular complexity index is 430. The summed E-state index contributed by atoms with van der Waals surface area (Å²) in [4.78, 5) is 10.1. The second-order valence-corrected chi connectivity index (χ2v) is 3.38. The number of benzene rings is 1. The molecule has 2 N–H and O–H groups in total. The van der Waals surface area contributed by atoms with Crippen LogP contribution >= 0.6 is 0 Å². The van der Waals surface area contributed by atoms with Crippen molar-refractivity contribution in [2.24, 2.45) is 5.73 Å². The summed E-state index contributed by atoms with van der Waals surface area (Å²) in [5.74, 6) is -0.607. The number of nitro benzene ring substituents is 1. The SMILES string of the molecule is Cc1c(C=CCCN)cc(F)cc1[N+](=O)[O-]. The van der Waals surface area contributed by atoms with Crippen molar-refractivity contribution >= 4 is 11.8 Å². The first-order valence-corrected chi connectivity index (χ1v) is 4.87. The molecule has 0 amide bonds. The molecule has 0 unspecified atom stereocenters. The second kappa shape index (κ2) is 5.37. The Balaban J connectivity index is 3.14. The van der Waals surface area contributed by atoms with Gasteiger partial charge in [-0.2, -0.15) is 0 Å². The molecule has 0 aliphatic heterocycles.